The van der Waals surface area contributed by atoms with Crippen LogP contribution in [0, 0.1) is 0 Å². The molecule has 0 atom stereocenters. The quantitative estimate of drug-likeness (QED) is 0.487. The molecule has 0 fully saturated rings. The van der Waals surface area contributed by atoms with Crippen LogP contribution in [0.4, 0.5) is 0 Å². The maximum absolute atomic E-state index is 4.74. The summed E-state index contributed by atoms with van der Waals surface area (Å²) < 4.78 is 1.97. The molecule has 7 heteroatoms. The van der Waals surface area contributed by atoms with Crippen molar-refractivity contribution < 1.29 is 0 Å². The van der Waals surface area contributed by atoms with Crippen molar-refractivity contribution in [3.8, 4) is 0 Å². The van der Waals surface area contributed by atoms with Crippen LogP contribution >= 0.6 is 0 Å². The first-order chi connectivity index (χ1) is 14.6. The van der Waals surface area contributed by atoms with Gasteiger partial charge in [0, 0.05) is 37.9 Å². The molecule has 0 unspecified atom stereocenters. The fraction of sp³-hybridized carbons (Fsp3) is 0.435. The maximum atomic E-state index is 4.74. The Kier molecular flexibility index (Phi) is 5.99. The van der Waals surface area contributed by atoms with Crippen LogP contribution in [-0.2, 0) is 19.5 Å². The van der Waals surface area contributed by atoms with Crippen molar-refractivity contribution in [3.63, 3.8) is 0 Å². The zero-order valence-electron chi connectivity index (χ0n) is 18.1. The Bertz CT molecular complexity index is 1020. The number of guanidine groups is 1. The number of hydrogen-bond acceptors (Lipinski definition) is 4. The molecule has 30 heavy (non-hydrogen) atoms. The molecule has 1 aromatic carbocycles. The van der Waals surface area contributed by atoms with Crippen LogP contribution < -0.4 is 10.6 Å². The summed E-state index contributed by atoms with van der Waals surface area (Å²) in [4.78, 5) is 7.30. The molecule has 0 saturated carbocycles. The molecule has 2 aromatic heterocycles. The van der Waals surface area contributed by atoms with E-state index in [4.69, 9.17) is 4.99 Å². The Hall–Kier alpha value is -2.93. The molecule has 3 aromatic rings. The van der Waals surface area contributed by atoms with Gasteiger partial charge in [0.15, 0.2) is 17.4 Å². The van der Waals surface area contributed by atoms with E-state index in [-0.39, 0.29) is 5.54 Å². The summed E-state index contributed by atoms with van der Waals surface area (Å²) in [6, 6.07) is 14.7. The summed E-state index contributed by atoms with van der Waals surface area (Å²) in [5.41, 5.74) is 3.77. The first kappa shape index (κ1) is 20.3. The Morgan fingerprint density at radius 1 is 1.07 bits per heavy atom. The van der Waals surface area contributed by atoms with Gasteiger partial charge in [-0.3, -0.25) is 9.30 Å². The van der Waals surface area contributed by atoms with Gasteiger partial charge < -0.3 is 10.6 Å². The Balaban J connectivity index is 1.41. The predicted octanol–water partition coefficient (Wildman–Crippen LogP) is 2.62. The standard InChI is InChI=1S/C23H31N7/c1-4-24-22(25-15-21-28-27-20-11-7-8-13-30(20)21)26-17-23(2,3)29-14-12-18-9-5-6-10-19(18)16-29/h5-11,13H,4,12,14-17H2,1-3H3,(H2,24,25,26). The van der Waals surface area contributed by atoms with Crippen LogP contribution in [0.5, 0.6) is 0 Å². The number of rotatable bonds is 6. The normalized spacial score (nSPS) is 15.2. The van der Waals surface area contributed by atoms with Gasteiger partial charge in [0.2, 0.25) is 0 Å². The molecule has 158 valence electrons. The summed E-state index contributed by atoms with van der Waals surface area (Å²) >= 11 is 0. The number of benzene rings is 1. The van der Waals surface area contributed by atoms with Crippen LogP contribution in [0.1, 0.15) is 37.7 Å². The Morgan fingerprint density at radius 2 is 1.87 bits per heavy atom. The first-order valence-corrected chi connectivity index (χ1v) is 10.7. The molecule has 0 spiro atoms. The molecule has 0 bridgehead atoms. The number of nitrogens with one attached hydrogen (secondary N) is 2. The van der Waals surface area contributed by atoms with E-state index < -0.39 is 0 Å². The van der Waals surface area contributed by atoms with Crippen molar-refractivity contribution in [2.75, 3.05) is 19.6 Å². The van der Waals surface area contributed by atoms with Gasteiger partial charge in [-0.2, -0.15) is 0 Å². The van der Waals surface area contributed by atoms with E-state index in [1.165, 1.54) is 11.1 Å². The average Bonchev–Trinajstić information content (AvgIpc) is 3.18. The van der Waals surface area contributed by atoms with Crippen molar-refractivity contribution >= 4 is 11.6 Å². The molecule has 0 radical (unpaired) electrons. The number of nitrogens with zero attached hydrogens (tertiary/aromatic N) is 5. The monoisotopic (exact) mass is 405 g/mol. The van der Waals surface area contributed by atoms with Crippen LogP contribution in [0.2, 0.25) is 0 Å². The molecule has 0 aliphatic carbocycles. The van der Waals surface area contributed by atoms with Crippen LogP contribution in [0.25, 0.3) is 5.65 Å². The fourth-order valence-corrected chi connectivity index (χ4v) is 3.91. The van der Waals surface area contributed by atoms with Crippen molar-refractivity contribution in [1.29, 1.82) is 0 Å². The largest absolute Gasteiger partial charge is 0.357 e. The highest BCUT2D eigenvalue weighted by atomic mass is 15.3. The smallest absolute Gasteiger partial charge is 0.191 e. The molecule has 3 heterocycles. The predicted molar refractivity (Wildman–Crippen MR) is 120 cm³/mol. The minimum Gasteiger partial charge on any atom is -0.357 e. The van der Waals surface area contributed by atoms with Crippen molar-refractivity contribution in [2.24, 2.45) is 4.99 Å². The number of pyridine rings is 1. The molecule has 1 aliphatic heterocycles. The lowest BCUT2D eigenvalue weighted by molar-refractivity contribution is 0.107. The van der Waals surface area contributed by atoms with E-state index in [1.807, 2.05) is 28.8 Å². The highest BCUT2D eigenvalue weighted by Gasteiger charge is 2.29. The number of aliphatic imine (C=N–C) groups is 1. The molecule has 0 amide bonds. The van der Waals surface area contributed by atoms with Gasteiger partial charge in [-0.25, -0.2) is 4.99 Å². The third kappa shape index (κ3) is 4.46. The minimum atomic E-state index is 0.00524. The highest BCUT2D eigenvalue weighted by molar-refractivity contribution is 5.79. The molecule has 2 N–H and O–H groups in total. The average molecular weight is 406 g/mol. The SMILES string of the molecule is CCNC(=NCc1nnc2ccccn12)NCC(C)(C)N1CCc2ccccc2C1. The van der Waals surface area contributed by atoms with E-state index in [9.17, 15) is 0 Å². The van der Waals surface area contributed by atoms with Gasteiger partial charge in [0.25, 0.3) is 0 Å². The summed E-state index contributed by atoms with van der Waals surface area (Å²) in [6.07, 6.45) is 3.07. The first-order valence-electron chi connectivity index (χ1n) is 10.7. The Morgan fingerprint density at radius 3 is 2.70 bits per heavy atom. The molecular formula is C23H31N7. The van der Waals surface area contributed by atoms with E-state index in [1.54, 1.807) is 0 Å². The van der Waals surface area contributed by atoms with Crippen molar-refractivity contribution in [1.82, 2.24) is 30.1 Å². The number of fused-ring (bicyclic) bond motifs is 2. The van der Waals surface area contributed by atoms with Gasteiger partial charge in [-0.15, -0.1) is 10.2 Å². The van der Waals surface area contributed by atoms with Crippen LogP contribution in [0.3, 0.4) is 0 Å². The highest BCUT2D eigenvalue weighted by Crippen LogP contribution is 2.24. The van der Waals surface area contributed by atoms with Gasteiger partial charge >= 0.3 is 0 Å². The van der Waals surface area contributed by atoms with Crippen LogP contribution in [0.15, 0.2) is 53.7 Å². The Labute approximate surface area is 178 Å². The number of hydrogen-bond donors (Lipinski definition) is 2. The van der Waals surface area contributed by atoms with Gasteiger partial charge in [0.1, 0.15) is 6.54 Å². The molecular weight excluding hydrogens is 374 g/mol. The zero-order valence-corrected chi connectivity index (χ0v) is 18.1. The maximum Gasteiger partial charge on any atom is 0.191 e. The fourth-order valence-electron chi connectivity index (χ4n) is 3.91. The van der Waals surface area contributed by atoms with E-state index in [0.717, 1.165) is 50.0 Å². The van der Waals surface area contributed by atoms with Crippen molar-refractivity contribution in [3.05, 3.63) is 65.6 Å². The second-order valence-electron chi connectivity index (χ2n) is 8.35. The molecule has 0 saturated heterocycles. The van der Waals surface area contributed by atoms with E-state index >= 15 is 0 Å². The second kappa shape index (κ2) is 8.83. The van der Waals surface area contributed by atoms with E-state index in [2.05, 4.69) is 70.8 Å². The third-order valence-electron chi connectivity index (χ3n) is 5.78. The zero-order chi connectivity index (χ0) is 21.0. The molecule has 1 aliphatic rings. The molecule has 4 rings (SSSR count). The lowest BCUT2D eigenvalue weighted by Gasteiger charge is -2.42. The van der Waals surface area contributed by atoms with Crippen molar-refractivity contribution in [2.45, 2.75) is 45.8 Å². The van der Waals surface area contributed by atoms with Gasteiger partial charge in [-0.1, -0.05) is 30.3 Å². The summed E-state index contributed by atoms with van der Waals surface area (Å²) in [5.74, 6) is 1.63. The summed E-state index contributed by atoms with van der Waals surface area (Å²) in [6.45, 7) is 10.8. The van der Waals surface area contributed by atoms with Gasteiger partial charge in [-0.05, 0) is 50.5 Å². The summed E-state index contributed by atoms with van der Waals surface area (Å²) in [7, 11) is 0. The molecule has 7 nitrogen and oxygen atoms in total. The topological polar surface area (TPSA) is 69.8 Å². The van der Waals surface area contributed by atoms with Crippen LogP contribution in [-0.4, -0.2) is 50.6 Å². The minimum absolute atomic E-state index is 0.00524. The third-order valence-corrected chi connectivity index (χ3v) is 5.78. The van der Waals surface area contributed by atoms with Gasteiger partial charge in [0.05, 0.1) is 0 Å². The van der Waals surface area contributed by atoms with E-state index in [0.29, 0.717) is 6.54 Å². The second-order valence-corrected chi connectivity index (χ2v) is 8.35. The lowest BCUT2D eigenvalue weighted by Crippen LogP contribution is -2.54. The number of aromatic nitrogens is 3. The summed E-state index contributed by atoms with van der Waals surface area (Å²) in [5, 5.41) is 15.4. The lowest BCUT2D eigenvalue weighted by atomic mass is 9.94.